The fraction of sp³-hybridized carbons (Fsp3) is 0.167. The van der Waals surface area contributed by atoms with Crippen LogP contribution in [0.25, 0.3) is 0 Å². The van der Waals surface area contributed by atoms with Gasteiger partial charge in [0, 0.05) is 46.9 Å². The first kappa shape index (κ1) is 12.0. The summed E-state index contributed by atoms with van der Waals surface area (Å²) in [5.41, 5.74) is 0. The molecule has 0 aromatic carbocycles. The molecular weight excluding hydrogens is 248 g/mol. The molecule has 0 rings (SSSR count). The summed E-state index contributed by atoms with van der Waals surface area (Å²) in [5.74, 6) is -0.914. The Kier molecular flexibility index (Phi) is 11.1. The zero-order chi connectivity index (χ0) is 6.41. The molecule has 0 saturated heterocycles. The molecule has 48 valence electrons. The molecule has 0 spiro atoms. The molecule has 0 atom stereocenters. The first-order valence-corrected chi connectivity index (χ1v) is 2.29. The van der Waals surface area contributed by atoms with E-state index in [4.69, 9.17) is 5.11 Å². The van der Waals surface area contributed by atoms with Crippen LogP contribution in [0.4, 0.5) is 0 Å². The van der Waals surface area contributed by atoms with Crippen LogP contribution in [-0.4, -0.2) is 11.1 Å². The molecule has 0 aliphatic heterocycles. The molecule has 0 bridgehead atoms. The maximum absolute atomic E-state index is 9.75. The van der Waals surface area contributed by atoms with Gasteiger partial charge in [0.15, 0.2) is 0 Å². The standard InChI is InChI=1S/C6H8O2.Nd/c1-2-3-4-5-6(7)8;/h2-5H,1H3,(H,7,8);/b3-2+,5-4+;. The second-order valence-electron chi connectivity index (χ2n) is 1.22. The molecule has 0 fully saturated rings. The van der Waals surface area contributed by atoms with Crippen LogP contribution in [0.5, 0.6) is 0 Å². The summed E-state index contributed by atoms with van der Waals surface area (Å²) in [4.78, 5) is 9.75. The van der Waals surface area contributed by atoms with E-state index in [-0.39, 0.29) is 40.8 Å². The average molecular weight is 256 g/mol. The number of rotatable bonds is 2. The van der Waals surface area contributed by atoms with Crippen LogP contribution in [0, 0.1) is 40.8 Å². The topological polar surface area (TPSA) is 37.3 Å². The molecule has 3 heteroatoms. The smallest absolute Gasteiger partial charge is 0.328 e. The number of carboxylic acid groups (broad SMARTS) is 1. The van der Waals surface area contributed by atoms with Crippen molar-refractivity contribution in [3.63, 3.8) is 0 Å². The molecule has 0 aliphatic rings. The second-order valence-corrected chi connectivity index (χ2v) is 1.22. The molecule has 2 nitrogen and oxygen atoms in total. The van der Waals surface area contributed by atoms with Gasteiger partial charge in [-0.3, -0.25) is 0 Å². The zero-order valence-corrected chi connectivity index (χ0v) is 8.37. The fourth-order valence-corrected chi connectivity index (χ4v) is 0.249. The minimum Gasteiger partial charge on any atom is -0.478 e. The predicted molar refractivity (Wildman–Crippen MR) is 31.6 cm³/mol. The SMILES string of the molecule is C/C=C/C=C/C(=O)O.[Nd]. The minimum atomic E-state index is -0.914. The van der Waals surface area contributed by atoms with E-state index in [9.17, 15) is 4.79 Å². The van der Waals surface area contributed by atoms with Gasteiger partial charge in [-0.2, -0.15) is 0 Å². The van der Waals surface area contributed by atoms with Gasteiger partial charge in [-0.1, -0.05) is 18.2 Å². The van der Waals surface area contributed by atoms with Crippen molar-refractivity contribution >= 4 is 5.97 Å². The number of allylic oxidation sites excluding steroid dienone is 3. The molecule has 0 heterocycles. The van der Waals surface area contributed by atoms with Crippen LogP contribution in [0.1, 0.15) is 6.92 Å². The van der Waals surface area contributed by atoms with E-state index in [0.29, 0.717) is 0 Å². The normalized spacial score (nSPS) is 9.89. The van der Waals surface area contributed by atoms with Gasteiger partial charge in [-0.05, 0) is 6.92 Å². The summed E-state index contributed by atoms with van der Waals surface area (Å²) < 4.78 is 0. The molecule has 0 amide bonds. The van der Waals surface area contributed by atoms with Crippen molar-refractivity contribution in [3.8, 4) is 0 Å². The van der Waals surface area contributed by atoms with Gasteiger partial charge in [0.1, 0.15) is 0 Å². The van der Waals surface area contributed by atoms with Gasteiger partial charge in [0.25, 0.3) is 0 Å². The van der Waals surface area contributed by atoms with Crippen molar-refractivity contribution in [2.24, 2.45) is 0 Å². The van der Waals surface area contributed by atoms with E-state index in [0.717, 1.165) is 6.08 Å². The Bertz CT molecular complexity index is 127. The Hall–Kier alpha value is 0.301. The van der Waals surface area contributed by atoms with Crippen molar-refractivity contribution in [1.82, 2.24) is 0 Å². The minimum absolute atomic E-state index is 0. The van der Waals surface area contributed by atoms with Crippen molar-refractivity contribution in [2.75, 3.05) is 0 Å². The molecular formula is C6H8NdO2. The second kappa shape index (κ2) is 8.30. The molecule has 0 saturated carbocycles. The van der Waals surface area contributed by atoms with Crippen LogP contribution < -0.4 is 0 Å². The predicted octanol–water partition coefficient (Wildman–Crippen LogP) is 1.20. The van der Waals surface area contributed by atoms with Crippen LogP contribution >= 0.6 is 0 Å². The first-order valence-electron chi connectivity index (χ1n) is 2.29. The Morgan fingerprint density at radius 1 is 1.44 bits per heavy atom. The van der Waals surface area contributed by atoms with E-state index in [2.05, 4.69) is 0 Å². The van der Waals surface area contributed by atoms with Gasteiger partial charge in [0.05, 0.1) is 0 Å². The molecule has 9 heavy (non-hydrogen) atoms. The van der Waals surface area contributed by atoms with Gasteiger partial charge in [-0.15, -0.1) is 0 Å². The number of aliphatic carboxylic acids is 1. The quantitative estimate of drug-likeness (QED) is 0.595. The maximum Gasteiger partial charge on any atom is 0.328 e. The Balaban J connectivity index is 0. The van der Waals surface area contributed by atoms with Crippen molar-refractivity contribution in [3.05, 3.63) is 24.3 Å². The average Bonchev–Trinajstić information content (AvgIpc) is 1.66. The summed E-state index contributed by atoms with van der Waals surface area (Å²) in [6.45, 7) is 1.83. The van der Waals surface area contributed by atoms with Crippen molar-refractivity contribution in [2.45, 2.75) is 6.92 Å². The van der Waals surface area contributed by atoms with E-state index in [1.165, 1.54) is 6.08 Å². The molecule has 0 aromatic rings. The van der Waals surface area contributed by atoms with E-state index < -0.39 is 5.97 Å². The zero-order valence-electron chi connectivity index (χ0n) is 5.16. The monoisotopic (exact) mass is 254 g/mol. The number of carbonyl (C=O) groups is 1. The summed E-state index contributed by atoms with van der Waals surface area (Å²) in [5, 5.41) is 8.02. The number of carboxylic acids is 1. The number of hydrogen-bond donors (Lipinski definition) is 1. The fourth-order valence-electron chi connectivity index (χ4n) is 0.249. The van der Waals surface area contributed by atoms with E-state index in [1.807, 2.05) is 6.92 Å². The Labute approximate surface area is 87.2 Å². The summed E-state index contributed by atoms with van der Waals surface area (Å²) >= 11 is 0. The van der Waals surface area contributed by atoms with Gasteiger partial charge >= 0.3 is 5.97 Å². The van der Waals surface area contributed by atoms with Crippen LogP contribution in [0.3, 0.4) is 0 Å². The molecule has 0 aromatic heterocycles. The molecule has 0 radical (unpaired) electrons. The van der Waals surface area contributed by atoms with E-state index >= 15 is 0 Å². The van der Waals surface area contributed by atoms with E-state index in [1.54, 1.807) is 12.2 Å². The number of hydrogen-bond acceptors (Lipinski definition) is 1. The Morgan fingerprint density at radius 3 is 2.33 bits per heavy atom. The van der Waals surface area contributed by atoms with Gasteiger partial charge in [-0.25, -0.2) is 4.79 Å². The van der Waals surface area contributed by atoms with Gasteiger partial charge < -0.3 is 5.11 Å². The van der Waals surface area contributed by atoms with Gasteiger partial charge in [0.2, 0.25) is 0 Å². The van der Waals surface area contributed by atoms with Crippen molar-refractivity contribution < 1.29 is 50.7 Å². The third-order valence-electron chi connectivity index (χ3n) is 0.542. The molecule has 0 aliphatic carbocycles. The molecule has 1 N–H and O–H groups in total. The summed E-state index contributed by atoms with van der Waals surface area (Å²) in [6.07, 6.45) is 5.98. The Morgan fingerprint density at radius 2 is 2.00 bits per heavy atom. The third-order valence-corrected chi connectivity index (χ3v) is 0.542. The third kappa shape index (κ3) is 11.7. The van der Waals surface area contributed by atoms with Crippen LogP contribution in [0.15, 0.2) is 24.3 Å². The first-order chi connectivity index (χ1) is 3.77. The summed E-state index contributed by atoms with van der Waals surface area (Å²) in [6, 6.07) is 0. The van der Waals surface area contributed by atoms with Crippen molar-refractivity contribution in [1.29, 1.82) is 0 Å². The molecule has 0 unspecified atom stereocenters. The maximum atomic E-state index is 9.75. The summed E-state index contributed by atoms with van der Waals surface area (Å²) in [7, 11) is 0. The van der Waals surface area contributed by atoms with Crippen LogP contribution in [0.2, 0.25) is 0 Å². The largest absolute Gasteiger partial charge is 0.478 e. The van der Waals surface area contributed by atoms with Crippen LogP contribution in [-0.2, 0) is 4.79 Å².